The minimum absolute atomic E-state index is 0.240. The number of rotatable bonds is 3. The number of urea groups is 1. The average molecular weight is 277 g/mol. The second kappa shape index (κ2) is 6.85. The maximum Gasteiger partial charge on any atom is 0.321 e. The number of nitrogens with zero attached hydrogens (tertiary/aromatic N) is 3. The van der Waals surface area contributed by atoms with Crippen LogP contribution in [0.1, 0.15) is 0 Å². The van der Waals surface area contributed by atoms with Gasteiger partial charge in [-0.25, -0.2) is 9.78 Å². The monoisotopic (exact) mass is 277 g/mol. The Labute approximate surface area is 118 Å². The van der Waals surface area contributed by atoms with Crippen molar-refractivity contribution in [1.82, 2.24) is 20.5 Å². The maximum absolute atomic E-state index is 11.6. The first kappa shape index (κ1) is 14.3. The van der Waals surface area contributed by atoms with Crippen LogP contribution in [0, 0.1) is 0 Å². The van der Waals surface area contributed by atoms with Gasteiger partial charge in [0.15, 0.2) is 0 Å². The van der Waals surface area contributed by atoms with Crippen molar-refractivity contribution in [3.8, 4) is 0 Å². The molecule has 3 amide bonds. The van der Waals surface area contributed by atoms with Crippen LogP contribution in [0.25, 0.3) is 0 Å². The zero-order chi connectivity index (χ0) is 14.4. The quantitative estimate of drug-likeness (QED) is 0.790. The lowest BCUT2D eigenvalue weighted by molar-refractivity contribution is -0.121. The van der Waals surface area contributed by atoms with Gasteiger partial charge in [-0.3, -0.25) is 15.0 Å². The van der Waals surface area contributed by atoms with Crippen LogP contribution in [-0.2, 0) is 4.79 Å². The van der Waals surface area contributed by atoms with Crippen molar-refractivity contribution in [1.29, 1.82) is 0 Å². The van der Waals surface area contributed by atoms with Gasteiger partial charge in [0.05, 0.1) is 6.54 Å². The van der Waals surface area contributed by atoms with E-state index in [1.165, 1.54) is 7.05 Å². The summed E-state index contributed by atoms with van der Waals surface area (Å²) in [5.74, 6) is 0.678. The van der Waals surface area contributed by atoms with E-state index in [2.05, 4.69) is 20.5 Å². The number of hydrogen-bond donors (Lipinski definition) is 2. The van der Waals surface area contributed by atoms with Crippen molar-refractivity contribution in [2.75, 3.05) is 44.7 Å². The molecule has 20 heavy (non-hydrogen) atoms. The van der Waals surface area contributed by atoms with E-state index in [0.717, 1.165) is 32.0 Å². The highest BCUT2D eigenvalue weighted by molar-refractivity contribution is 5.95. The molecule has 1 aliphatic heterocycles. The standard InChI is InChI=1S/C13H19N5O2/c1-14-13(20)16-12(19)10-17-6-8-18(9-7-17)11-4-2-3-5-15-11/h2-5H,6-10H2,1H3,(H2,14,16,19,20). The summed E-state index contributed by atoms with van der Waals surface area (Å²) < 4.78 is 0. The molecule has 0 unspecified atom stereocenters. The van der Waals surface area contributed by atoms with Crippen LogP contribution in [-0.4, -0.2) is 61.6 Å². The minimum atomic E-state index is -0.470. The highest BCUT2D eigenvalue weighted by Gasteiger charge is 2.20. The maximum atomic E-state index is 11.6. The fraction of sp³-hybridized carbons (Fsp3) is 0.462. The molecule has 1 saturated heterocycles. The normalized spacial score (nSPS) is 15.8. The summed E-state index contributed by atoms with van der Waals surface area (Å²) >= 11 is 0. The van der Waals surface area contributed by atoms with Crippen LogP contribution < -0.4 is 15.5 Å². The van der Waals surface area contributed by atoms with Crippen molar-refractivity contribution in [3.63, 3.8) is 0 Å². The van der Waals surface area contributed by atoms with E-state index in [4.69, 9.17) is 0 Å². The van der Waals surface area contributed by atoms with Gasteiger partial charge in [0.25, 0.3) is 0 Å². The number of hydrogen-bond acceptors (Lipinski definition) is 5. The van der Waals surface area contributed by atoms with Gasteiger partial charge >= 0.3 is 6.03 Å². The molecule has 0 bridgehead atoms. The molecule has 0 aliphatic carbocycles. The first-order valence-corrected chi connectivity index (χ1v) is 6.59. The highest BCUT2D eigenvalue weighted by atomic mass is 16.2. The summed E-state index contributed by atoms with van der Waals surface area (Å²) in [5, 5.41) is 4.62. The summed E-state index contributed by atoms with van der Waals surface area (Å²) in [6.45, 7) is 3.44. The van der Waals surface area contributed by atoms with Crippen LogP contribution in [0.3, 0.4) is 0 Å². The molecule has 2 rings (SSSR count). The molecule has 1 aromatic rings. The molecule has 0 aromatic carbocycles. The van der Waals surface area contributed by atoms with Crippen LogP contribution in [0.15, 0.2) is 24.4 Å². The number of amides is 3. The third-order valence-electron chi connectivity index (χ3n) is 3.19. The van der Waals surface area contributed by atoms with E-state index >= 15 is 0 Å². The van der Waals surface area contributed by atoms with Gasteiger partial charge in [-0.1, -0.05) is 6.07 Å². The molecular formula is C13H19N5O2. The van der Waals surface area contributed by atoms with Gasteiger partial charge in [-0.05, 0) is 12.1 Å². The zero-order valence-electron chi connectivity index (χ0n) is 11.5. The second-order valence-electron chi connectivity index (χ2n) is 4.58. The molecular weight excluding hydrogens is 258 g/mol. The summed E-state index contributed by atoms with van der Waals surface area (Å²) in [5.41, 5.74) is 0. The molecule has 108 valence electrons. The van der Waals surface area contributed by atoms with Crippen LogP contribution in [0.2, 0.25) is 0 Å². The molecule has 0 atom stereocenters. The van der Waals surface area contributed by atoms with E-state index in [-0.39, 0.29) is 12.5 Å². The Morgan fingerprint density at radius 3 is 2.60 bits per heavy atom. The predicted molar refractivity (Wildman–Crippen MR) is 75.5 cm³/mol. The smallest absolute Gasteiger partial charge is 0.321 e. The van der Waals surface area contributed by atoms with Crippen LogP contribution in [0.4, 0.5) is 10.6 Å². The average Bonchev–Trinajstić information content (AvgIpc) is 2.48. The molecule has 0 spiro atoms. The number of piperazine rings is 1. The Morgan fingerprint density at radius 1 is 1.25 bits per heavy atom. The zero-order valence-corrected chi connectivity index (χ0v) is 11.5. The summed E-state index contributed by atoms with van der Waals surface area (Å²) in [6, 6.07) is 5.37. The number of anilines is 1. The molecule has 1 aliphatic rings. The largest absolute Gasteiger partial charge is 0.354 e. The summed E-state index contributed by atoms with van der Waals surface area (Å²) in [7, 11) is 1.48. The Bertz CT molecular complexity index is 457. The van der Waals surface area contributed by atoms with E-state index in [9.17, 15) is 9.59 Å². The van der Waals surface area contributed by atoms with Gasteiger partial charge in [0, 0.05) is 39.4 Å². The fourth-order valence-corrected chi connectivity index (χ4v) is 2.11. The van der Waals surface area contributed by atoms with Gasteiger partial charge in [0.2, 0.25) is 5.91 Å². The number of aromatic nitrogens is 1. The van der Waals surface area contributed by atoms with Gasteiger partial charge in [0.1, 0.15) is 5.82 Å². The molecule has 7 heteroatoms. The first-order valence-electron chi connectivity index (χ1n) is 6.59. The first-order chi connectivity index (χ1) is 9.69. The van der Waals surface area contributed by atoms with Crippen molar-refractivity contribution in [3.05, 3.63) is 24.4 Å². The lowest BCUT2D eigenvalue weighted by Crippen LogP contribution is -2.51. The SMILES string of the molecule is CNC(=O)NC(=O)CN1CCN(c2ccccn2)CC1. The van der Waals surface area contributed by atoms with E-state index in [1.54, 1.807) is 6.20 Å². The predicted octanol–water partition coefficient (Wildman–Crippen LogP) is -0.341. The van der Waals surface area contributed by atoms with E-state index in [0.29, 0.717) is 0 Å². The van der Waals surface area contributed by atoms with Crippen molar-refractivity contribution >= 4 is 17.8 Å². The van der Waals surface area contributed by atoms with Crippen molar-refractivity contribution in [2.45, 2.75) is 0 Å². The fourth-order valence-electron chi connectivity index (χ4n) is 2.11. The third kappa shape index (κ3) is 3.92. The Kier molecular flexibility index (Phi) is 4.89. The number of pyridine rings is 1. The highest BCUT2D eigenvalue weighted by Crippen LogP contribution is 2.11. The summed E-state index contributed by atoms with van der Waals surface area (Å²) in [4.78, 5) is 31.1. The lowest BCUT2D eigenvalue weighted by Gasteiger charge is -2.34. The summed E-state index contributed by atoms with van der Waals surface area (Å²) in [6.07, 6.45) is 1.78. The molecule has 1 aromatic heterocycles. The van der Waals surface area contributed by atoms with Gasteiger partial charge in [-0.15, -0.1) is 0 Å². The van der Waals surface area contributed by atoms with Gasteiger partial charge < -0.3 is 10.2 Å². The lowest BCUT2D eigenvalue weighted by atomic mass is 10.3. The Morgan fingerprint density at radius 2 is 2.00 bits per heavy atom. The van der Waals surface area contributed by atoms with E-state index < -0.39 is 6.03 Å². The molecule has 2 heterocycles. The number of imide groups is 1. The van der Waals surface area contributed by atoms with E-state index in [1.807, 2.05) is 23.1 Å². The topological polar surface area (TPSA) is 77.6 Å². The molecule has 7 nitrogen and oxygen atoms in total. The van der Waals surface area contributed by atoms with Crippen LogP contribution >= 0.6 is 0 Å². The van der Waals surface area contributed by atoms with Gasteiger partial charge in [-0.2, -0.15) is 0 Å². The van der Waals surface area contributed by atoms with Crippen LogP contribution in [0.5, 0.6) is 0 Å². The number of carbonyl (C=O) groups excluding carboxylic acids is 2. The molecule has 1 fully saturated rings. The second-order valence-corrected chi connectivity index (χ2v) is 4.58. The van der Waals surface area contributed by atoms with Crippen molar-refractivity contribution in [2.24, 2.45) is 0 Å². The molecule has 0 radical (unpaired) electrons. The number of carbonyl (C=O) groups is 2. The Hall–Kier alpha value is -2.15. The number of nitrogens with one attached hydrogen (secondary N) is 2. The third-order valence-corrected chi connectivity index (χ3v) is 3.19. The Balaban J connectivity index is 1.77. The van der Waals surface area contributed by atoms with Crippen molar-refractivity contribution < 1.29 is 9.59 Å². The minimum Gasteiger partial charge on any atom is -0.354 e. The molecule has 2 N–H and O–H groups in total. The molecule has 0 saturated carbocycles.